The zero-order valence-corrected chi connectivity index (χ0v) is 23.4. The number of halogens is 2. The van der Waals surface area contributed by atoms with Gasteiger partial charge in [-0.15, -0.1) is 0 Å². The van der Waals surface area contributed by atoms with Crippen LogP contribution in [0.2, 0.25) is 10.0 Å². The summed E-state index contributed by atoms with van der Waals surface area (Å²) in [5, 5.41) is 9.73. The van der Waals surface area contributed by atoms with Gasteiger partial charge in [-0.25, -0.2) is 0 Å². The lowest BCUT2D eigenvalue weighted by Gasteiger charge is -2.12. The van der Waals surface area contributed by atoms with Crippen molar-refractivity contribution >= 4 is 57.8 Å². The van der Waals surface area contributed by atoms with Crippen molar-refractivity contribution in [1.82, 2.24) is 0 Å². The van der Waals surface area contributed by atoms with E-state index in [1.165, 1.54) is 0 Å². The van der Waals surface area contributed by atoms with Gasteiger partial charge < -0.3 is 16.0 Å². The fourth-order valence-electron chi connectivity index (χ4n) is 4.24. The number of carbonyl (C=O) groups excluding carboxylic acids is 2. The highest BCUT2D eigenvalue weighted by atomic mass is 35.5. The second kappa shape index (κ2) is 13.2. The lowest BCUT2D eigenvalue weighted by atomic mass is 10.0. The van der Waals surface area contributed by atoms with Gasteiger partial charge in [-0.2, -0.15) is 0 Å². The molecule has 5 nitrogen and oxygen atoms in total. The Hall–Kier alpha value is -4.58. The second-order valence-electron chi connectivity index (χ2n) is 9.27. The zero-order valence-electron chi connectivity index (χ0n) is 21.9. The minimum atomic E-state index is -0.361. The predicted octanol–water partition coefficient (Wildman–Crippen LogP) is 9.04. The highest BCUT2D eigenvalue weighted by Crippen LogP contribution is 2.26. The first kappa shape index (κ1) is 28.0. The van der Waals surface area contributed by atoms with Crippen LogP contribution >= 0.6 is 23.2 Å². The van der Waals surface area contributed by atoms with Gasteiger partial charge in [0.1, 0.15) is 0 Å². The highest BCUT2D eigenvalue weighted by Gasteiger charge is 2.15. The van der Waals surface area contributed by atoms with E-state index in [-0.39, 0.29) is 17.4 Å². The summed E-state index contributed by atoms with van der Waals surface area (Å²) in [5.41, 5.74) is 5.92. The van der Waals surface area contributed by atoms with Gasteiger partial charge in [0, 0.05) is 17.1 Å². The molecule has 7 heteroatoms. The standard InChI is InChI=1S/C34H26Cl2N3O2/c35-29-10-6-11-30(36)32(29)34(41)39-27-21-17-24(18-22-27)14-13-23-15-19-26(20-16-23)38-33(40)28-9-4-5-12-31(28)37-25-7-2-1-3-8-25/h1-12,14-22,37H,13H2,(H,38,40)(H,39,41). The lowest BCUT2D eigenvalue weighted by Crippen LogP contribution is -2.13. The van der Waals surface area contributed by atoms with Crippen LogP contribution in [0.3, 0.4) is 0 Å². The number of carbonyl (C=O) groups is 2. The van der Waals surface area contributed by atoms with E-state index < -0.39 is 0 Å². The fraction of sp³-hybridized carbons (Fsp3) is 0.0294. The molecule has 5 rings (SSSR count). The first-order chi connectivity index (χ1) is 20.0. The average Bonchev–Trinajstić information content (AvgIpc) is 2.98. The molecule has 3 N–H and O–H groups in total. The van der Waals surface area contributed by atoms with Crippen molar-refractivity contribution in [3.05, 3.63) is 160 Å². The summed E-state index contributed by atoms with van der Waals surface area (Å²) in [6.45, 7) is 0. The Morgan fingerprint density at radius 1 is 0.585 bits per heavy atom. The Balaban J connectivity index is 1.15. The quantitative estimate of drug-likeness (QED) is 0.163. The van der Waals surface area contributed by atoms with E-state index in [0.29, 0.717) is 33.4 Å². The van der Waals surface area contributed by atoms with Crippen molar-refractivity contribution in [1.29, 1.82) is 0 Å². The zero-order chi connectivity index (χ0) is 28.6. The SMILES string of the molecule is O=C(Nc1ccc(C[CH]c2ccc(NC(=O)c3c(Cl)cccc3Cl)cc2)cc1)c1ccccc1Nc1ccccc1. The third-order valence-electron chi connectivity index (χ3n) is 6.37. The van der Waals surface area contributed by atoms with Gasteiger partial charge in [-0.1, -0.05) is 83.9 Å². The van der Waals surface area contributed by atoms with Crippen LogP contribution in [0.4, 0.5) is 22.7 Å². The first-order valence-corrected chi connectivity index (χ1v) is 13.7. The lowest BCUT2D eigenvalue weighted by molar-refractivity contribution is 0.101. The Morgan fingerprint density at radius 2 is 1.17 bits per heavy atom. The van der Waals surface area contributed by atoms with Crippen LogP contribution in [0.1, 0.15) is 31.8 Å². The van der Waals surface area contributed by atoms with Gasteiger partial charge in [-0.3, -0.25) is 9.59 Å². The van der Waals surface area contributed by atoms with E-state index >= 15 is 0 Å². The summed E-state index contributed by atoms with van der Waals surface area (Å²) in [4.78, 5) is 25.6. The van der Waals surface area contributed by atoms with Crippen LogP contribution in [0.5, 0.6) is 0 Å². The number of para-hydroxylation sites is 2. The molecule has 0 saturated heterocycles. The van der Waals surface area contributed by atoms with Crippen LogP contribution in [0, 0.1) is 6.42 Å². The number of rotatable bonds is 9. The molecule has 0 heterocycles. The maximum atomic E-state index is 13.0. The molecule has 0 aliphatic carbocycles. The first-order valence-electron chi connectivity index (χ1n) is 13.0. The van der Waals surface area contributed by atoms with Gasteiger partial charge in [0.15, 0.2) is 0 Å². The molecule has 0 atom stereocenters. The molecule has 41 heavy (non-hydrogen) atoms. The molecule has 0 spiro atoms. The number of nitrogens with one attached hydrogen (secondary N) is 3. The predicted molar refractivity (Wildman–Crippen MR) is 169 cm³/mol. The van der Waals surface area contributed by atoms with E-state index in [0.717, 1.165) is 22.5 Å². The number of amides is 2. The van der Waals surface area contributed by atoms with Gasteiger partial charge in [0.2, 0.25) is 0 Å². The van der Waals surface area contributed by atoms with Crippen molar-refractivity contribution in [2.24, 2.45) is 0 Å². The van der Waals surface area contributed by atoms with Crippen molar-refractivity contribution in [2.45, 2.75) is 6.42 Å². The maximum Gasteiger partial charge on any atom is 0.258 e. The molecule has 5 aromatic carbocycles. The summed E-state index contributed by atoms with van der Waals surface area (Å²) in [6.07, 6.45) is 2.80. The summed E-state index contributed by atoms with van der Waals surface area (Å²) < 4.78 is 0. The molecule has 0 saturated carbocycles. The van der Waals surface area contributed by atoms with E-state index in [4.69, 9.17) is 23.2 Å². The molecule has 1 radical (unpaired) electrons. The Bertz CT molecular complexity index is 1630. The molecule has 203 valence electrons. The van der Waals surface area contributed by atoms with Crippen LogP contribution in [-0.4, -0.2) is 11.8 Å². The minimum absolute atomic E-state index is 0.188. The topological polar surface area (TPSA) is 70.2 Å². The molecule has 2 amide bonds. The smallest absolute Gasteiger partial charge is 0.258 e. The molecule has 0 aromatic heterocycles. The second-order valence-corrected chi connectivity index (χ2v) is 10.1. The van der Waals surface area contributed by atoms with E-state index in [2.05, 4.69) is 22.4 Å². The van der Waals surface area contributed by atoms with E-state index in [1.807, 2.05) is 97.1 Å². The molecule has 0 aliphatic heterocycles. The molecular weight excluding hydrogens is 553 g/mol. The van der Waals surface area contributed by atoms with Crippen LogP contribution < -0.4 is 16.0 Å². The normalized spacial score (nSPS) is 10.6. The van der Waals surface area contributed by atoms with Gasteiger partial charge in [0.25, 0.3) is 11.8 Å². The monoisotopic (exact) mass is 578 g/mol. The third kappa shape index (κ3) is 7.34. The largest absolute Gasteiger partial charge is 0.355 e. The minimum Gasteiger partial charge on any atom is -0.355 e. The van der Waals surface area contributed by atoms with Gasteiger partial charge in [-0.05, 0) is 84.6 Å². The van der Waals surface area contributed by atoms with Crippen molar-refractivity contribution in [2.75, 3.05) is 16.0 Å². The third-order valence-corrected chi connectivity index (χ3v) is 7.00. The molecule has 0 aliphatic rings. The fourth-order valence-corrected chi connectivity index (χ4v) is 4.81. The van der Waals surface area contributed by atoms with Crippen molar-refractivity contribution in [3.63, 3.8) is 0 Å². The highest BCUT2D eigenvalue weighted by molar-refractivity contribution is 6.40. The molecule has 5 aromatic rings. The summed E-state index contributed by atoms with van der Waals surface area (Å²) >= 11 is 12.3. The van der Waals surface area contributed by atoms with Crippen LogP contribution in [0.15, 0.2) is 121 Å². The molecule has 0 fully saturated rings. The molecule has 0 unspecified atom stereocenters. The Labute approximate surface area is 249 Å². The number of anilines is 4. The number of benzene rings is 5. The number of hydrogen-bond acceptors (Lipinski definition) is 3. The van der Waals surface area contributed by atoms with Crippen molar-refractivity contribution in [3.8, 4) is 0 Å². The Morgan fingerprint density at radius 3 is 1.85 bits per heavy atom. The summed E-state index contributed by atoms with van der Waals surface area (Å²) in [5.74, 6) is -0.548. The van der Waals surface area contributed by atoms with Crippen LogP contribution in [0.25, 0.3) is 0 Å². The van der Waals surface area contributed by atoms with Crippen LogP contribution in [-0.2, 0) is 6.42 Å². The summed E-state index contributed by atoms with van der Waals surface area (Å²) in [6, 6.07) is 37.4. The number of hydrogen-bond donors (Lipinski definition) is 3. The van der Waals surface area contributed by atoms with Gasteiger partial charge in [0.05, 0.1) is 26.9 Å². The Kier molecular flexibility index (Phi) is 8.99. The maximum absolute atomic E-state index is 13.0. The van der Waals surface area contributed by atoms with E-state index in [9.17, 15) is 9.59 Å². The molecular formula is C34H26Cl2N3O2. The van der Waals surface area contributed by atoms with Crippen molar-refractivity contribution < 1.29 is 9.59 Å². The molecule has 0 bridgehead atoms. The average molecular weight is 580 g/mol. The van der Waals surface area contributed by atoms with Gasteiger partial charge >= 0.3 is 0 Å². The summed E-state index contributed by atoms with van der Waals surface area (Å²) in [7, 11) is 0. The van der Waals surface area contributed by atoms with E-state index in [1.54, 1.807) is 24.3 Å².